The van der Waals surface area contributed by atoms with Gasteiger partial charge in [0.1, 0.15) is 12.8 Å². The Morgan fingerprint density at radius 3 is 2.60 bits per heavy atom. The third-order valence-corrected chi connectivity index (χ3v) is 3.52. The number of aliphatic hydroxyl groups is 1. The average Bonchev–Trinajstić information content (AvgIpc) is 2.45. The van der Waals surface area contributed by atoms with Crippen LogP contribution in [0.3, 0.4) is 0 Å². The summed E-state index contributed by atoms with van der Waals surface area (Å²) >= 11 is 11.9. The van der Waals surface area contributed by atoms with Gasteiger partial charge in [-0.3, -0.25) is 15.5 Å². The number of hydrogen-bond donors (Lipinski definition) is 3. The van der Waals surface area contributed by atoms with E-state index in [2.05, 4.69) is 0 Å². The highest BCUT2D eigenvalue weighted by atomic mass is 35.5. The first-order chi connectivity index (χ1) is 9.58. The molecule has 1 aliphatic carbocycles. The van der Waals surface area contributed by atoms with E-state index in [0.29, 0.717) is 28.5 Å². The summed E-state index contributed by atoms with van der Waals surface area (Å²) in [6.45, 7) is 0. The average molecular weight is 316 g/mol. The lowest BCUT2D eigenvalue weighted by molar-refractivity contribution is -0.720. The van der Waals surface area contributed by atoms with Gasteiger partial charge in [-0.15, -0.1) is 0 Å². The number of nitrogens with one attached hydrogen (secondary N) is 1. The summed E-state index contributed by atoms with van der Waals surface area (Å²) in [5, 5.41) is 19.7. The third-order valence-electron chi connectivity index (χ3n) is 2.80. The van der Waals surface area contributed by atoms with E-state index in [9.17, 15) is 10.3 Å². The van der Waals surface area contributed by atoms with E-state index in [1.807, 2.05) is 11.6 Å². The van der Waals surface area contributed by atoms with Crippen molar-refractivity contribution in [2.75, 3.05) is 12.6 Å². The maximum atomic E-state index is 9.93. The zero-order valence-corrected chi connectivity index (χ0v) is 12.1. The Kier molecular flexibility index (Phi) is 4.54. The molecule has 0 unspecified atom stereocenters. The molecule has 5 nitrogen and oxygen atoms in total. The molecule has 0 amide bonds. The zero-order chi connectivity index (χ0) is 14.7. The molecule has 1 aromatic carbocycles. The number of halogens is 2. The predicted octanol–water partition coefficient (Wildman–Crippen LogP) is 3.84. The first kappa shape index (κ1) is 14.7. The second-order valence-electron chi connectivity index (χ2n) is 4.00. The Hall–Kier alpha value is -1.69. The molecule has 0 saturated carbocycles. The molecule has 0 radical (unpaired) electrons. The standard InChI is InChI=1S/C13H12Cl2N2O3/c1-20-17(11-4-2-3-5-13(11)18)12-7-9(15)8(14)6-10(12)16-19/h2-3,5-7,16,19H,4H2,1H3/p+1/b17-11-. The van der Waals surface area contributed by atoms with E-state index < -0.39 is 0 Å². The maximum Gasteiger partial charge on any atom is 0.284 e. The van der Waals surface area contributed by atoms with E-state index in [0.717, 1.165) is 0 Å². The second-order valence-corrected chi connectivity index (χ2v) is 4.82. The van der Waals surface area contributed by atoms with Crippen LogP contribution in [0, 0.1) is 0 Å². The minimum atomic E-state index is 0.0734. The largest absolute Gasteiger partial charge is 0.502 e. The minimum Gasteiger partial charge on any atom is -0.502 e. The summed E-state index contributed by atoms with van der Waals surface area (Å²) in [6.07, 6.45) is 5.63. The van der Waals surface area contributed by atoms with Crippen LogP contribution in [0.5, 0.6) is 0 Å². The highest BCUT2D eigenvalue weighted by molar-refractivity contribution is 6.42. The first-order valence-electron chi connectivity index (χ1n) is 5.74. The quantitative estimate of drug-likeness (QED) is 0.585. The fraction of sp³-hybridized carbons (Fsp3) is 0.154. The topological polar surface area (TPSA) is 64.7 Å². The molecule has 0 saturated heterocycles. The Morgan fingerprint density at radius 1 is 1.30 bits per heavy atom. The van der Waals surface area contributed by atoms with Crippen LogP contribution < -0.4 is 5.48 Å². The summed E-state index contributed by atoms with van der Waals surface area (Å²) < 4.78 is 1.37. The van der Waals surface area contributed by atoms with Crippen molar-refractivity contribution in [3.05, 3.63) is 46.2 Å². The lowest BCUT2D eigenvalue weighted by Gasteiger charge is -2.10. The molecule has 0 bridgehead atoms. The predicted molar refractivity (Wildman–Crippen MR) is 78.3 cm³/mol. The molecule has 0 atom stereocenters. The van der Waals surface area contributed by atoms with Crippen molar-refractivity contribution in [2.45, 2.75) is 6.42 Å². The summed E-state index contributed by atoms with van der Waals surface area (Å²) in [5.41, 5.74) is 3.28. The summed E-state index contributed by atoms with van der Waals surface area (Å²) in [6, 6.07) is 3.00. The SMILES string of the molecule is CO/[N+](=C1/CC=CC=C1O)c1cc(Cl)c(Cl)cc1NO. The van der Waals surface area contributed by atoms with Gasteiger partial charge in [-0.25, -0.2) is 0 Å². The molecule has 106 valence electrons. The number of rotatable bonds is 3. The first-order valence-corrected chi connectivity index (χ1v) is 6.49. The highest BCUT2D eigenvalue weighted by Crippen LogP contribution is 2.34. The van der Waals surface area contributed by atoms with E-state index in [4.69, 9.17) is 28.0 Å². The van der Waals surface area contributed by atoms with Gasteiger partial charge in [-0.2, -0.15) is 0 Å². The summed E-state index contributed by atoms with van der Waals surface area (Å²) in [4.78, 5) is 5.29. The molecule has 3 N–H and O–H groups in total. The van der Waals surface area contributed by atoms with Crippen molar-refractivity contribution in [1.29, 1.82) is 0 Å². The van der Waals surface area contributed by atoms with Crippen molar-refractivity contribution in [3.63, 3.8) is 0 Å². The molecule has 0 spiro atoms. The van der Waals surface area contributed by atoms with Gasteiger partial charge in [0.15, 0.2) is 5.76 Å². The Bertz CT molecular complexity index is 624. The normalized spacial score (nSPS) is 16.7. The summed E-state index contributed by atoms with van der Waals surface area (Å²) in [7, 11) is 1.45. The number of aliphatic hydroxyl groups excluding tert-OH is 1. The Balaban J connectivity index is 2.64. The molecule has 7 heteroatoms. The molecule has 0 heterocycles. The third kappa shape index (κ3) is 2.75. The Labute approximate surface area is 125 Å². The van der Waals surface area contributed by atoms with Gasteiger partial charge in [-0.1, -0.05) is 35.4 Å². The van der Waals surface area contributed by atoms with Crippen LogP contribution in [0.2, 0.25) is 10.0 Å². The van der Waals surface area contributed by atoms with Crippen molar-refractivity contribution in [3.8, 4) is 0 Å². The van der Waals surface area contributed by atoms with Crippen LogP contribution in [-0.4, -0.2) is 27.9 Å². The molecule has 1 aromatic rings. The van der Waals surface area contributed by atoms with Crippen LogP contribution in [-0.2, 0) is 4.84 Å². The zero-order valence-electron chi connectivity index (χ0n) is 10.6. The van der Waals surface area contributed by atoms with E-state index >= 15 is 0 Å². The van der Waals surface area contributed by atoms with Crippen molar-refractivity contribution in [1.82, 2.24) is 0 Å². The number of benzene rings is 1. The molecule has 0 aromatic heterocycles. The van der Waals surface area contributed by atoms with Crippen molar-refractivity contribution in [2.24, 2.45) is 0 Å². The van der Waals surface area contributed by atoms with Gasteiger partial charge in [0.05, 0.1) is 16.5 Å². The van der Waals surface area contributed by atoms with E-state index in [1.165, 1.54) is 24.0 Å². The lowest BCUT2D eigenvalue weighted by Crippen LogP contribution is -2.20. The van der Waals surface area contributed by atoms with Crippen LogP contribution >= 0.6 is 23.2 Å². The number of allylic oxidation sites excluding steroid dienone is 4. The van der Waals surface area contributed by atoms with E-state index in [1.54, 1.807) is 12.2 Å². The lowest BCUT2D eigenvalue weighted by atomic mass is 10.1. The van der Waals surface area contributed by atoms with Gasteiger partial charge in [0.25, 0.3) is 11.4 Å². The van der Waals surface area contributed by atoms with Crippen LogP contribution in [0.25, 0.3) is 0 Å². The molecular formula is C13H13Cl2N2O3+. The van der Waals surface area contributed by atoms with Gasteiger partial charge >= 0.3 is 0 Å². The second kappa shape index (κ2) is 6.17. The molecule has 1 aliphatic rings. The summed E-state index contributed by atoms with van der Waals surface area (Å²) in [5.74, 6) is 0.0734. The minimum absolute atomic E-state index is 0.0734. The molecule has 0 aliphatic heterocycles. The highest BCUT2D eigenvalue weighted by Gasteiger charge is 2.27. The fourth-order valence-corrected chi connectivity index (χ4v) is 2.20. The van der Waals surface area contributed by atoms with Crippen LogP contribution in [0.4, 0.5) is 11.4 Å². The molecule has 20 heavy (non-hydrogen) atoms. The van der Waals surface area contributed by atoms with Crippen LogP contribution in [0.1, 0.15) is 6.42 Å². The number of hydrogen-bond acceptors (Lipinski definition) is 4. The van der Waals surface area contributed by atoms with Gasteiger partial charge < -0.3 is 5.11 Å². The van der Waals surface area contributed by atoms with Gasteiger partial charge in [0.2, 0.25) is 0 Å². The van der Waals surface area contributed by atoms with Crippen molar-refractivity contribution < 1.29 is 19.9 Å². The number of nitrogens with zero attached hydrogens (tertiary/aromatic N) is 1. The monoisotopic (exact) mass is 315 g/mol. The van der Waals surface area contributed by atoms with E-state index in [-0.39, 0.29) is 10.8 Å². The molecule has 0 fully saturated rings. The maximum absolute atomic E-state index is 9.93. The fourth-order valence-electron chi connectivity index (χ4n) is 1.87. The smallest absolute Gasteiger partial charge is 0.284 e. The van der Waals surface area contributed by atoms with Crippen molar-refractivity contribution >= 4 is 40.3 Å². The van der Waals surface area contributed by atoms with Gasteiger partial charge in [0, 0.05) is 10.8 Å². The molecule has 2 rings (SSSR count). The van der Waals surface area contributed by atoms with Crippen LogP contribution in [0.15, 0.2) is 36.1 Å². The van der Waals surface area contributed by atoms with Gasteiger partial charge in [-0.05, 0) is 12.1 Å². The Morgan fingerprint density at radius 2 is 2.00 bits per heavy atom. The molecular weight excluding hydrogens is 303 g/mol. The number of anilines is 1.